The Balaban J connectivity index is 0.874. The smallest absolute Gasteiger partial charge is 0.256 e. The van der Waals surface area contributed by atoms with Gasteiger partial charge in [-0.1, -0.05) is 11.6 Å². The van der Waals surface area contributed by atoms with Crippen molar-refractivity contribution in [2.24, 2.45) is 0 Å². The number of rotatable bonds is 6. The molecule has 0 fully saturated rings. The number of anilines is 4. The number of nitrogens with zero attached hydrogens (tertiary/aromatic N) is 2. The van der Waals surface area contributed by atoms with Gasteiger partial charge in [0.15, 0.2) is 0 Å². The van der Waals surface area contributed by atoms with Crippen molar-refractivity contribution < 1.29 is 19.1 Å². The van der Waals surface area contributed by atoms with E-state index in [1.165, 1.54) is 0 Å². The van der Waals surface area contributed by atoms with E-state index in [9.17, 15) is 9.59 Å². The average Bonchev–Trinajstić information content (AvgIpc) is 4.01. The zero-order valence-electron chi connectivity index (χ0n) is 31.3. The summed E-state index contributed by atoms with van der Waals surface area (Å²) in [5, 5.41) is 13.4. The third kappa shape index (κ3) is 6.00. The Labute approximate surface area is 332 Å². The Kier molecular flexibility index (Phi) is 8.18. The number of aryl methyl sites for hydroxylation is 1. The van der Waals surface area contributed by atoms with Crippen LogP contribution in [0.3, 0.4) is 0 Å². The van der Waals surface area contributed by atoms with Crippen LogP contribution in [0.2, 0.25) is 5.02 Å². The Morgan fingerprint density at radius 2 is 1.46 bits per heavy atom. The molecule has 8 heterocycles. The van der Waals surface area contributed by atoms with Gasteiger partial charge in [-0.3, -0.25) is 9.59 Å². The fraction of sp³-hybridized carbons (Fsp3) is 0.182. The molecule has 57 heavy (non-hydrogen) atoms. The van der Waals surface area contributed by atoms with E-state index in [1.807, 2.05) is 68.9 Å². The third-order valence-electron chi connectivity index (χ3n) is 11.1. The number of carbonyl (C=O) groups excluding carboxylic acids is 2. The Hall–Kier alpha value is -6.79. The van der Waals surface area contributed by atoms with Crippen molar-refractivity contribution in [2.75, 3.05) is 41.0 Å². The van der Waals surface area contributed by atoms with Crippen molar-refractivity contribution in [1.82, 2.24) is 19.9 Å². The number of nitrogens with one attached hydrogen (secondary N) is 6. The molecule has 4 aliphatic heterocycles. The first-order valence-electron chi connectivity index (χ1n) is 18.8. The molecule has 0 aliphatic carbocycles. The molecular weight excluding hydrogens is 740 g/mol. The minimum Gasteiger partial charge on any atom is -0.474 e. The summed E-state index contributed by atoms with van der Waals surface area (Å²) in [4.78, 5) is 42.0. The summed E-state index contributed by atoms with van der Waals surface area (Å²) in [7, 11) is 0. The highest BCUT2D eigenvalue weighted by Crippen LogP contribution is 2.45. The zero-order valence-corrected chi connectivity index (χ0v) is 32.1. The summed E-state index contributed by atoms with van der Waals surface area (Å²) in [6.07, 6.45) is 11.6. The van der Waals surface area contributed by atoms with Crippen LogP contribution >= 0.6 is 11.6 Å². The largest absolute Gasteiger partial charge is 0.474 e. The lowest BCUT2D eigenvalue weighted by atomic mass is 9.94. The third-order valence-corrected chi connectivity index (χ3v) is 11.4. The molecule has 0 radical (unpaired) electrons. The molecule has 0 bridgehead atoms. The fourth-order valence-electron chi connectivity index (χ4n) is 8.19. The van der Waals surface area contributed by atoms with Crippen molar-refractivity contribution in [2.45, 2.75) is 33.3 Å². The van der Waals surface area contributed by atoms with E-state index in [2.05, 4.69) is 61.3 Å². The van der Waals surface area contributed by atoms with Gasteiger partial charge in [0.2, 0.25) is 11.8 Å². The molecule has 4 aromatic heterocycles. The number of pyridine rings is 2. The lowest BCUT2D eigenvalue weighted by Crippen LogP contribution is -2.33. The van der Waals surface area contributed by atoms with Crippen molar-refractivity contribution in [1.29, 1.82) is 0 Å². The number of benzene rings is 2. The van der Waals surface area contributed by atoms with Gasteiger partial charge in [-0.05, 0) is 109 Å². The second kappa shape index (κ2) is 13.5. The van der Waals surface area contributed by atoms with Crippen LogP contribution in [0.5, 0.6) is 11.8 Å². The van der Waals surface area contributed by atoms with E-state index in [4.69, 9.17) is 26.1 Å². The molecule has 4 aliphatic rings. The Morgan fingerprint density at radius 1 is 0.772 bits per heavy atom. The summed E-state index contributed by atoms with van der Waals surface area (Å²) >= 11 is 6.72. The van der Waals surface area contributed by atoms with Crippen molar-refractivity contribution >= 4 is 69.5 Å². The highest BCUT2D eigenvalue weighted by molar-refractivity contribution is 6.41. The van der Waals surface area contributed by atoms with Crippen molar-refractivity contribution in [3.63, 3.8) is 0 Å². The highest BCUT2D eigenvalue weighted by atomic mass is 35.5. The predicted molar refractivity (Wildman–Crippen MR) is 224 cm³/mol. The van der Waals surface area contributed by atoms with E-state index < -0.39 is 0 Å². The van der Waals surface area contributed by atoms with Gasteiger partial charge in [0.1, 0.15) is 24.1 Å². The van der Waals surface area contributed by atoms with Gasteiger partial charge in [-0.25, -0.2) is 9.97 Å². The molecule has 0 saturated carbocycles. The summed E-state index contributed by atoms with van der Waals surface area (Å²) in [6, 6.07) is 13.8. The SMILES string of the molecule is Cc1cc(-c2cnc3c(c2C)NCCO3)cc2c1NC(=O)/C2=C\c1cc(CC2CNc3c(ncc(-c4cc(Cl)c5c(c4)/C(=C/c4ccc[nH]4)C(=O)N5)c3C)O2)c[nH]1. The van der Waals surface area contributed by atoms with Gasteiger partial charge in [0.25, 0.3) is 11.8 Å². The first kappa shape index (κ1) is 34.7. The van der Waals surface area contributed by atoms with Gasteiger partial charge in [0, 0.05) is 71.4 Å². The van der Waals surface area contributed by atoms with E-state index in [-0.39, 0.29) is 17.9 Å². The molecule has 6 aromatic rings. The molecule has 2 amide bonds. The molecule has 1 unspecified atom stereocenters. The average molecular weight is 777 g/mol. The first-order valence-corrected chi connectivity index (χ1v) is 19.2. The van der Waals surface area contributed by atoms with Crippen LogP contribution in [-0.4, -0.2) is 57.6 Å². The zero-order chi connectivity index (χ0) is 38.9. The van der Waals surface area contributed by atoms with E-state index >= 15 is 0 Å². The van der Waals surface area contributed by atoms with E-state index in [1.54, 1.807) is 6.20 Å². The van der Waals surface area contributed by atoms with Crippen LogP contribution in [0, 0.1) is 20.8 Å². The van der Waals surface area contributed by atoms with Crippen LogP contribution in [-0.2, 0) is 16.0 Å². The number of fused-ring (bicyclic) bond motifs is 4. The molecule has 10 rings (SSSR count). The minimum absolute atomic E-state index is 0.144. The van der Waals surface area contributed by atoms with Crippen LogP contribution in [0.15, 0.2) is 67.3 Å². The number of hydrogen-bond donors (Lipinski definition) is 6. The number of H-pyrrole nitrogens is 2. The molecule has 6 N–H and O–H groups in total. The number of aromatic nitrogens is 4. The van der Waals surface area contributed by atoms with E-state index in [0.29, 0.717) is 53.2 Å². The molecule has 1 atom stereocenters. The molecule has 13 heteroatoms. The molecule has 12 nitrogen and oxygen atoms in total. The quantitative estimate of drug-likeness (QED) is 0.0924. The van der Waals surface area contributed by atoms with E-state index in [0.717, 1.165) is 90.6 Å². The maximum Gasteiger partial charge on any atom is 0.256 e. The topological polar surface area (TPSA) is 158 Å². The number of halogens is 1. The van der Waals surface area contributed by atoms with Crippen LogP contribution in [0.1, 0.15) is 44.8 Å². The predicted octanol–water partition coefficient (Wildman–Crippen LogP) is 8.25. The first-order chi connectivity index (χ1) is 27.7. The molecular formula is C44H37ClN8O4. The number of hydrogen-bond acceptors (Lipinski definition) is 8. The highest BCUT2D eigenvalue weighted by Gasteiger charge is 2.30. The second-order valence-corrected chi connectivity index (χ2v) is 15.2. The van der Waals surface area contributed by atoms with Gasteiger partial charge >= 0.3 is 0 Å². The van der Waals surface area contributed by atoms with Gasteiger partial charge in [0.05, 0.1) is 34.1 Å². The number of carbonyl (C=O) groups is 2. The number of aromatic amines is 2. The maximum absolute atomic E-state index is 13.3. The van der Waals surface area contributed by atoms with Crippen LogP contribution in [0.25, 0.3) is 45.6 Å². The summed E-state index contributed by atoms with van der Waals surface area (Å²) in [5.41, 5.74) is 15.3. The van der Waals surface area contributed by atoms with Gasteiger partial charge in [-0.2, -0.15) is 0 Å². The maximum atomic E-state index is 13.3. The standard InChI is InChI=1S/C44H37ClN8O4/c1-21-9-25(34-19-50-43-38(22(34)2)47-7-8-56-43)12-30-33(41(54)52-37(21)30)16-28-10-24(17-48-28)11-29-18-49-39-23(3)35(20-51-44(39)57-29)26-13-31-32(15-27-5-4-6-46-27)42(55)53-40(31)36(45)14-26/h4-6,9-10,12-17,19-20,29,46-49H,7-8,11,18H2,1-3H3,(H,52,54)(H,53,55)/b32-15-,33-16-. The minimum atomic E-state index is -0.201. The van der Waals surface area contributed by atoms with Crippen molar-refractivity contribution in [3.05, 3.63) is 117 Å². The normalized spacial score (nSPS) is 17.8. The molecule has 0 spiro atoms. The lowest BCUT2D eigenvalue weighted by molar-refractivity contribution is -0.111. The van der Waals surface area contributed by atoms with Crippen molar-refractivity contribution in [3.8, 4) is 34.0 Å². The fourth-order valence-corrected chi connectivity index (χ4v) is 8.46. The number of ether oxygens (including phenoxy) is 2. The number of amides is 2. The Bertz CT molecular complexity index is 2750. The Morgan fingerprint density at radius 3 is 2.21 bits per heavy atom. The van der Waals surface area contributed by atoms with Gasteiger partial charge < -0.3 is 40.7 Å². The lowest BCUT2D eigenvalue weighted by Gasteiger charge is -2.28. The molecule has 2 aromatic carbocycles. The van der Waals surface area contributed by atoms with Gasteiger partial charge in [-0.15, -0.1) is 0 Å². The summed E-state index contributed by atoms with van der Waals surface area (Å²) in [6.45, 7) is 7.98. The molecule has 284 valence electrons. The summed E-state index contributed by atoms with van der Waals surface area (Å²) < 4.78 is 12.2. The van der Waals surface area contributed by atoms with Crippen LogP contribution in [0.4, 0.5) is 22.7 Å². The monoisotopic (exact) mass is 776 g/mol. The molecule has 0 saturated heterocycles. The van der Waals surface area contributed by atoms with Crippen LogP contribution < -0.4 is 30.7 Å². The second-order valence-electron chi connectivity index (χ2n) is 14.8. The summed E-state index contributed by atoms with van der Waals surface area (Å²) in [5.74, 6) is 0.799.